The number of carbonyl (C=O) groups is 2. The number of carbonyl (C=O) groups excluding carboxylic acids is 2. The van der Waals surface area contributed by atoms with Crippen molar-refractivity contribution >= 4 is 27.6 Å². The average molecular weight is 425 g/mol. The molecule has 2 amide bonds. The van der Waals surface area contributed by atoms with Crippen LogP contribution in [0.2, 0.25) is 0 Å². The number of anilines is 1. The van der Waals surface area contributed by atoms with Crippen LogP contribution in [0.4, 0.5) is 5.69 Å². The van der Waals surface area contributed by atoms with Crippen LogP contribution in [0, 0.1) is 0 Å². The maximum Gasteiger partial charge on any atom is 0.294 e. The molecule has 0 heterocycles. The van der Waals surface area contributed by atoms with Crippen LogP contribution >= 0.6 is 0 Å². The van der Waals surface area contributed by atoms with E-state index >= 15 is 0 Å². The first-order chi connectivity index (χ1) is 13.7. The Balaban J connectivity index is 2.01. The van der Waals surface area contributed by atoms with Crippen LogP contribution < -0.4 is 10.6 Å². The minimum atomic E-state index is -4.22. The Hall–Kier alpha value is -2.19. The highest BCUT2D eigenvalue weighted by Gasteiger charge is 2.09. The van der Waals surface area contributed by atoms with E-state index in [4.69, 9.17) is 4.55 Å². The van der Waals surface area contributed by atoms with Crippen molar-refractivity contribution in [1.29, 1.82) is 0 Å². The summed E-state index contributed by atoms with van der Waals surface area (Å²) in [6.45, 7) is 5.99. The third-order valence-electron chi connectivity index (χ3n) is 4.44. The van der Waals surface area contributed by atoms with Gasteiger partial charge in [0.2, 0.25) is 11.8 Å². The van der Waals surface area contributed by atoms with E-state index in [-0.39, 0.29) is 16.7 Å². The smallest absolute Gasteiger partial charge is 0.294 e. The second kappa shape index (κ2) is 13.1. The standard InChI is InChI=1S/C21H32N2O5S/c1-17(2)21(25)22-16-10-8-6-4-3-5-7-9-11-20(24)23-18-12-14-19(15-13-18)29(26,27)28/h12-15H,1,3-11,16H2,2H3,(H,22,25)(H,23,24)(H,26,27,28). The fourth-order valence-corrected chi connectivity index (χ4v) is 3.24. The van der Waals surface area contributed by atoms with E-state index in [9.17, 15) is 18.0 Å². The van der Waals surface area contributed by atoms with Crippen LogP contribution in [0.25, 0.3) is 0 Å². The van der Waals surface area contributed by atoms with E-state index < -0.39 is 10.1 Å². The summed E-state index contributed by atoms with van der Waals surface area (Å²) in [5, 5.41) is 5.54. The summed E-state index contributed by atoms with van der Waals surface area (Å²) in [6, 6.07) is 5.40. The van der Waals surface area contributed by atoms with Crippen LogP contribution in [0.5, 0.6) is 0 Å². The van der Waals surface area contributed by atoms with Crippen LogP contribution in [0.1, 0.15) is 64.7 Å². The lowest BCUT2D eigenvalue weighted by Gasteiger charge is -2.06. The molecule has 0 aliphatic heterocycles. The van der Waals surface area contributed by atoms with Crippen molar-refractivity contribution in [2.24, 2.45) is 0 Å². The summed E-state index contributed by atoms with van der Waals surface area (Å²) < 4.78 is 30.9. The van der Waals surface area contributed by atoms with Crippen LogP contribution in [0.15, 0.2) is 41.3 Å². The largest absolute Gasteiger partial charge is 0.352 e. The SMILES string of the molecule is C=C(C)C(=O)NCCCCCCCCCCC(=O)Nc1ccc(S(=O)(=O)O)cc1. The van der Waals surface area contributed by atoms with E-state index in [1.54, 1.807) is 6.92 Å². The Morgan fingerprint density at radius 1 is 0.931 bits per heavy atom. The maximum absolute atomic E-state index is 11.9. The maximum atomic E-state index is 11.9. The quantitative estimate of drug-likeness (QED) is 0.237. The number of hydrogen-bond acceptors (Lipinski definition) is 4. The van der Waals surface area contributed by atoms with Gasteiger partial charge in [-0.15, -0.1) is 0 Å². The van der Waals surface area contributed by atoms with Gasteiger partial charge in [0.15, 0.2) is 0 Å². The highest BCUT2D eigenvalue weighted by molar-refractivity contribution is 7.85. The fourth-order valence-electron chi connectivity index (χ4n) is 2.76. The molecule has 0 spiro atoms. The molecule has 29 heavy (non-hydrogen) atoms. The van der Waals surface area contributed by atoms with Gasteiger partial charge < -0.3 is 10.6 Å². The summed E-state index contributed by atoms with van der Waals surface area (Å²) in [5.74, 6) is -0.189. The Morgan fingerprint density at radius 2 is 1.45 bits per heavy atom. The highest BCUT2D eigenvalue weighted by atomic mass is 32.2. The number of benzene rings is 1. The zero-order valence-electron chi connectivity index (χ0n) is 17.1. The van der Waals surface area contributed by atoms with Crippen molar-refractivity contribution in [1.82, 2.24) is 5.32 Å². The van der Waals surface area contributed by atoms with Crippen LogP contribution in [-0.4, -0.2) is 31.3 Å². The van der Waals surface area contributed by atoms with Gasteiger partial charge in [-0.1, -0.05) is 45.1 Å². The summed E-state index contributed by atoms with van der Waals surface area (Å²) in [6.07, 6.45) is 8.80. The van der Waals surface area contributed by atoms with E-state index in [1.807, 2.05) is 0 Å². The molecule has 0 radical (unpaired) electrons. The van der Waals surface area contributed by atoms with Crippen molar-refractivity contribution in [2.75, 3.05) is 11.9 Å². The van der Waals surface area contributed by atoms with Gasteiger partial charge in [0.1, 0.15) is 0 Å². The van der Waals surface area contributed by atoms with Crippen molar-refractivity contribution in [3.05, 3.63) is 36.4 Å². The van der Waals surface area contributed by atoms with Gasteiger partial charge in [0.05, 0.1) is 4.90 Å². The van der Waals surface area contributed by atoms with Gasteiger partial charge in [-0.2, -0.15) is 8.42 Å². The van der Waals surface area contributed by atoms with Gasteiger partial charge in [0, 0.05) is 24.2 Å². The number of nitrogens with one attached hydrogen (secondary N) is 2. The molecule has 0 saturated carbocycles. The third kappa shape index (κ3) is 11.4. The van der Waals surface area contributed by atoms with Crippen molar-refractivity contribution in [3.8, 4) is 0 Å². The van der Waals surface area contributed by atoms with Crippen molar-refractivity contribution in [3.63, 3.8) is 0 Å². The average Bonchev–Trinajstić information content (AvgIpc) is 2.65. The zero-order valence-corrected chi connectivity index (χ0v) is 17.9. The summed E-state index contributed by atoms with van der Waals surface area (Å²) >= 11 is 0. The number of rotatable bonds is 14. The molecule has 0 aromatic heterocycles. The first-order valence-corrected chi connectivity index (χ1v) is 11.5. The lowest BCUT2D eigenvalue weighted by atomic mass is 10.1. The minimum absolute atomic E-state index is 0.0795. The molecule has 0 bridgehead atoms. The van der Waals surface area contributed by atoms with Crippen LogP contribution in [-0.2, 0) is 19.7 Å². The van der Waals surface area contributed by atoms with Gasteiger partial charge in [0.25, 0.3) is 10.1 Å². The molecule has 1 aromatic rings. The molecule has 0 unspecified atom stereocenters. The van der Waals surface area contributed by atoms with E-state index in [2.05, 4.69) is 17.2 Å². The molecule has 0 atom stereocenters. The van der Waals surface area contributed by atoms with Gasteiger partial charge in [-0.3, -0.25) is 14.1 Å². The minimum Gasteiger partial charge on any atom is -0.352 e. The molecule has 162 valence electrons. The third-order valence-corrected chi connectivity index (χ3v) is 5.31. The van der Waals surface area contributed by atoms with Gasteiger partial charge >= 0.3 is 0 Å². The molecule has 1 aromatic carbocycles. The molecule has 1 rings (SSSR count). The number of hydrogen-bond donors (Lipinski definition) is 3. The summed E-state index contributed by atoms with van der Waals surface area (Å²) in [5.41, 5.74) is 1.04. The topological polar surface area (TPSA) is 113 Å². The van der Waals surface area contributed by atoms with E-state index in [0.717, 1.165) is 51.4 Å². The molecule has 0 aliphatic rings. The fraction of sp³-hybridized carbons (Fsp3) is 0.524. The Bertz CT molecular complexity index is 773. The number of unbranched alkanes of at least 4 members (excludes halogenated alkanes) is 7. The normalized spacial score (nSPS) is 11.1. The monoisotopic (exact) mass is 424 g/mol. The Kier molecular flexibility index (Phi) is 11.2. The molecular formula is C21H32N2O5S. The second-order valence-electron chi connectivity index (χ2n) is 7.16. The van der Waals surface area contributed by atoms with Crippen LogP contribution in [0.3, 0.4) is 0 Å². The first kappa shape index (κ1) is 24.8. The second-order valence-corrected chi connectivity index (χ2v) is 8.58. The molecular weight excluding hydrogens is 392 g/mol. The molecule has 3 N–H and O–H groups in total. The number of amides is 2. The van der Waals surface area contributed by atoms with Gasteiger partial charge in [-0.05, 0) is 44.0 Å². The molecule has 0 saturated heterocycles. The predicted molar refractivity (Wildman–Crippen MR) is 114 cm³/mol. The molecule has 8 heteroatoms. The predicted octanol–water partition coefficient (Wildman–Crippen LogP) is 4.08. The Morgan fingerprint density at radius 3 is 1.97 bits per heavy atom. The van der Waals surface area contributed by atoms with E-state index in [0.29, 0.717) is 24.2 Å². The zero-order chi connectivity index (χ0) is 21.7. The van der Waals surface area contributed by atoms with Gasteiger partial charge in [-0.25, -0.2) is 0 Å². The lowest BCUT2D eigenvalue weighted by molar-refractivity contribution is -0.117. The summed E-state index contributed by atoms with van der Waals surface area (Å²) in [4.78, 5) is 23.0. The molecule has 0 fully saturated rings. The Labute approximate surface area is 173 Å². The van der Waals surface area contributed by atoms with E-state index in [1.165, 1.54) is 24.3 Å². The first-order valence-electron chi connectivity index (χ1n) is 10.0. The van der Waals surface area contributed by atoms with Crippen molar-refractivity contribution < 1.29 is 22.6 Å². The molecule has 7 nitrogen and oxygen atoms in total. The molecule has 0 aliphatic carbocycles. The lowest BCUT2D eigenvalue weighted by Crippen LogP contribution is -2.24. The van der Waals surface area contributed by atoms with Crippen molar-refractivity contribution in [2.45, 2.75) is 69.6 Å². The summed E-state index contributed by atoms with van der Waals surface area (Å²) in [7, 11) is -4.22. The highest BCUT2D eigenvalue weighted by Crippen LogP contribution is 2.15.